The van der Waals surface area contributed by atoms with Crippen LogP contribution in [0.4, 0.5) is 5.69 Å². The molecule has 222 valence electrons. The Hall–Kier alpha value is -3.54. The van der Waals surface area contributed by atoms with Crippen molar-refractivity contribution in [2.75, 3.05) is 44.2 Å². The van der Waals surface area contributed by atoms with Crippen molar-refractivity contribution >= 4 is 41.8 Å². The zero-order valence-electron chi connectivity index (χ0n) is 26.0. The normalized spacial score (nSPS) is 14.9. The van der Waals surface area contributed by atoms with Gasteiger partial charge in [0.15, 0.2) is 8.24 Å². The Bertz CT molecular complexity index is 1610. The number of ether oxygens (including phenoxy) is 1. The molecule has 1 aliphatic rings. The number of anilines is 1. The summed E-state index contributed by atoms with van der Waals surface area (Å²) < 4.78 is 13.3. The number of carbonyl (C=O) groups is 1. The molecule has 2 aromatic carbocycles. The molecule has 0 atom stereocenters. The monoisotopic (exact) mass is 584 g/mol. The molecule has 0 radical (unpaired) electrons. The molecule has 1 fully saturated rings. The first kappa shape index (κ1) is 29.9. The summed E-state index contributed by atoms with van der Waals surface area (Å²) in [6.07, 6.45) is 5.72. The predicted octanol–water partition coefficient (Wildman–Crippen LogP) is 7.43. The number of nitrogens with zero attached hydrogens (tertiary/aromatic N) is 4. The Morgan fingerprint density at radius 2 is 1.81 bits per heavy atom. The van der Waals surface area contributed by atoms with Gasteiger partial charge in [-0.05, 0) is 92.0 Å². The van der Waals surface area contributed by atoms with E-state index in [0.717, 1.165) is 68.6 Å². The molecule has 1 saturated heterocycles. The minimum absolute atomic E-state index is 0.224. The van der Waals surface area contributed by atoms with Gasteiger partial charge in [-0.2, -0.15) is 5.26 Å². The average molecular weight is 585 g/mol. The minimum atomic E-state index is -1.79. The fraction of sp³-hybridized carbons (Fsp3) is 0.471. The topological polar surface area (TPSA) is 74.6 Å². The summed E-state index contributed by atoms with van der Waals surface area (Å²) in [6, 6.07) is 16.4. The zero-order valence-corrected chi connectivity index (χ0v) is 27.0. The predicted molar refractivity (Wildman–Crippen MR) is 173 cm³/mol. The van der Waals surface area contributed by atoms with E-state index in [1.54, 1.807) is 13.0 Å². The molecule has 0 bridgehead atoms. The van der Waals surface area contributed by atoms with Crippen LogP contribution in [-0.4, -0.2) is 62.7 Å². The molecule has 1 aliphatic heterocycles. The maximum Gasteiger partial charge on any atom is 0.374 e. The van der Waals surface area contributed by atoms with Crippen LogP contribution in [0.5, 0.6) is 0 Å². The van der Waals surface area contributed by atoms with E-state index in [4.69, 9.17) is 9.15 Å². The van der Waals surface area contributed by atoms with Crippen LogP contribution in [-0.2, 0) is 11.2 Å². The first-order valence-electron chi connectivity index (χ1n) is 15.2. The summed E-state index contributed by atoms with van der Waals surface area (Å²) in [4.78, 5) is 17.0. The first-order chi connectivity index (χ1) is 20.0. The Balaban J connectivity index is 1.17. The molecular weight excluding hydrogens is 540 g/mol. The van der Waals surface area contributed by atoms with E-state index in [1.165, 1.54) is 16.5 Å². The van der Waals surface area contributed by atoms with Gasteiger partial charge in [0.2, 0.25) is 5.76 Å². The third-order valence-corrected chi connectivity index (χ3v) is 14.6. The summed E-state index contributed by atoms with van der Waals surface area (Å²) in [7, 11) is -1.79. The number of nitriles is 1. The quantitative estimate of drug-likeness (QED) is 0.116. The lowest BCUT2D eigenvalue weighted by molar-refractivity contribution is 0.0492. The maximum atomic E-state index is 12.0. The standard InChI is InChI=1S/C34H44N4O3Si/c1-7-40-33(39)32-22-27-21-28(12-14-31(27)41-32)37-18-16-36(17-19-37)15-9-8-10-26-24-38(42(5,6)34(2,3)4)30-13-11-25(23-35)20-29(26)30/h11-14,20-22,24H,7-10,15-19H2,1-6H3. The van der Waals surface area contributed by atoms with Crippen molar-refractivity contribution in [3.05, 3.63) is 65.5 Å². The molecule has 4 aromatic rings. The van der Waals surface area contributed by atoms with Crippen molar-refractivity contribution in [1.82, 2.24) is 9.13 Å². The van der Waals surface area contributed by atoms with Crippen LogP contribution in [0.25, 0.3) is 21.9 Å². The van der Waals surface area contributed by atoms with Crippen molar-refractivity contribution in [3.8, 4) is 6.07 Å². The number of hydrogen-bond donors (Lipinski definition) is 0. The van der Waals surface area contributed by atoms with E-state index in [0.29, 0.717) is 12.2 Å². The smallest absolute Gasteiger partial charge is 0.374 e. The number of carbonyl (C=O) groups excluding carboxylic acids is 1. The number of hydrogen-bond acceptors (Lipinski definition) is 6. The summed E-state index contributed by atoms with van der Waals surface area (Å²) in [6.45, 7) is 19.2. The van der Waals surface area contributed by atoms with E-state index in [1.807, 2.05) is 12.1 Å². The molecule has 5 rings (SSSR count). The number of esters is 1. The molecule has 42 heavy (non-hydrogen) atoms. The minimum Gasteiger partial charge on any atom is -0.460 e. The molecular formula is C34H44N4O3Si. The van der Waals surface area contributed by atoms with Crippen molar-refractivity contribution in [1.29, 1.82) is 5.26 Å². The van der Waals surface area contributed by atoms with Crippen LogP contribution < -0.4 is 4.90 Å². The molecule has 0 saturated carbocycles. The second-order valence-corrected chi connectivity index (χ2v) is 18.1. The molecule has 0 spiro atoms. The molecule has 0 N–H and O–H groups in total. The van der Waals surface area contributed by atoms with E-state index in [2.05, 4.69) is 84.4 Å². The molecule has 7 nitrogen and oxygen atoms in total. The number of aryl methyl sites for hydroxylation is 1. The van der Waals surface area contributed by atoms with Crippen molar-refractivity contribution in [2.24, 2.45) is 0 Å². The Labute approximate surface area is 250 Å². The van der Waals surface area contributed by atoms with Gasteiger partial charge in [-0.25, -0.2) is 4.79 Å². The lowest BCUT2D eigenvalue weighted by Gasteiger charge is -2.38. The fourth-order valence-electron chi connectivity index (χ4n) is 5.80. The van der Waals surface area contributed by atoms with Gasteiger partial charge >= 0.3 is 5.97 Å². The summed E-state index contributed by atoms with van der Waals surface area (Å²) in [5, 5.41) is 11.9. The molecule has 0 aliphatic carbocycles. The highest BCUT2D eigenvalue weighted by molar-refractivity contribution is 6.79. The maximum absolute atomic E-state index is 12.0. The van der Waals surface area contributed by atoms with E-state index < -0.39 is 14.2 Å². The largest absolute Gasteiger partial charge is 0.460 e. The lowest BCUT2D eigenvalue weighted by atomic mass is 10.1. The van der Waals surface area contributed by atoms with Crippen molar-refractivity contribution in [3.63, 3.8) is 0 Å². The lowest BCUT2D eigenvalue weighted by Crippen LogP contribution is -2.46. The number of unbranched alkanes of at least 4 members (excludes halogenated alkanes) is 1. The van der Waals surface area contributed by atoms with Crippen LogP contribution in [0, 0.1) is 11.3 Å². The van der Waals surface area contributed by atoms with Gasteiger partial charge in [-0.15, -0.1) is 0 Å². The van der Waals surface area contributed by atoms with Crippen LogP contribution in [0.15, 0.2) is 53.1 Å². The van der Waals surface area contributed by atoms with Crippen LogP contribution in [0.2, 0.25) is 18.1 Å². The summed E-state index contributed by atoms with van der Waals surface area (Å²) in [5.74, 6) is -0.166. The number of piperazine rings is 1. The number of benzene rings is 2. The van der Waals surface area contributed by atoms with E-state index in [9.17, 15) is 10.1 Å². The Morgan fingerprint density at radius 1 is 1.05 bits per heavy atom. The Kier molecular flexibility index (Phi) is 8.54. The van der Waals surface area contributed by atoms with Gasteiger partial charge in [0, 0.05) is 48.2 Å². The highest BCUT2D eigenvalue weighted by Crippen LogP contribution is 2.40. The molecule has 3 heterocycles. The molecule has 8 heteroatoms. The SMILES string of the molecule is CCOC(=O)c1cc2cc(N3CCN(CCCCc4cn([Si](C)(C)C(C)(C)C)c5ccc(C#N)cc45)CC3)ccc2o1. The van der Waals surface area contributed by atoms with Gasteiger partial charge in [-0.1, -0.05) is 33.9 Å². The van der Waals surface area contributed by atoms with Crippen molar-refractivity contribution in [2.45, 2.75) is 65.1 Å². The van der Waals surface area contributed by atoms with Crippen LogP contribution in [0.3, 0.4) is 0 Å². The zero-order chi connectivity index (χ0) is 30.1. The van der Waals surface area contributed by atoms with Gasteiger partial charge in [0.1, 0.15) is 5.58 Å². The van der Waals surface area contributed by atoms with E-state index >= 15 is 0 Å². The third-order valence-electron chi connectivity index (χ3n) is 9.34. The summed E-state index contributed by atoms with van der Waals surface area (Å²) >= 11 is 0. The van der Waals surface area contributed by atoms with Gasteiger partial charge in [0.05, 0.1) is 18.2 Å². The second-order valence-electron chi connectivity index (χ2n) is 13.0. The third kappa shape index (κ3) is 5.99. The van der Waals surface area contributed by atoms with Gasteiger partial charge in [-0.3, -0.25) is 4.90 Å². The highest BCUT2D eigenvalue weighted by atomic mass is 28.3. The average Bonchev–Trinajstić information content (AvgIpc) is 3.56. The Morgan fingerprint density at radius 3 is 2.50 bits per heavy atom. The number of rotatable bonds is 9. The van der Waals surface area contributed by atoms with Gasteiger partial charge in [0.25, 0.3) is 0 Å². The number of aromatic nitrogens is 1. The van der Waals surface area contributed by atoms with Crippen LogP contribution >= 0.6 is 0 Å². The molecule has 0 unspecified atom stereocenters. The van der Waals surface area contributed by atoms with Gasteiger partial charge < -0.3 is 18.3 Å². The van der Waals surface area contributed by atoms with Crippen molar-refractivity contribution < 1.29 is 13.9 Å². The van der Waals surface area contributed by atoms with Crippen LogP contribution in [0.1, 0.15) is 62.2 Å². The molecule has 2 aromatic heterocycles. The first-order valence-corrected chi connectivity index (χ1v) is 18.2. The second kappa shape index (κ2) is 12.0. The highest BCUT2D eigenvalue weighted by Gasteiger charge is 2.38. The molecule has 0 amide bonds. The summed E-state index contributed by atoms with van der Waals surface area (Å²) in [5.41, 5.74) is 5.25. The number of furan rings is 1. The van der Waals surface area contributed by atoms with E-state index in [-0.39, 0.29) is 10.8 Å². The number of fused-ring (bicyclic) bond motifs is 2. The fourth-order valence-corrected chi connectivity index (χ4v) is 7.80.